The Morgan fingerprint density at radius 3 is 2.52 bits per heavy atom. The molecule has 12 atom stereocenters. The zero-order chi connectivity index (χ0) is 23.4. The standard InChI is InChI=1S/C28H40O5/c1-15-6-11-27-13-12-25(4)24(3)10-7-16-23(2,9-8-18(29)26(16,5)31)20(24)19-21(32-19)28(25,17(27)14-15)33-22(27)30/h16-21,29,31H,1,6-14H2,2-5H3/t16-,17+,18+,19+,20-,21+,23+,24-,25+,26-,27+,28-/m1/s1. The SMILES string of the molecule is C=C1CC[C@@]23CC[C@]4(C)[C@](OC2=O)([C@H]2O[C@H]2[C@@H]2[C@@]5(C)CC[C@H](O)[C@](C)(O)[C@@H]5CC[C@]24C)[C@H]3C1. The smallest absolute Gasteiger partial charge is 0.313 e. The molecule has 0 radical (unpaired) electrons. The lowest BCUT2D eigenvalue weighted by atomic mass is 9.31. The van der Waals surface area contributed by atoms with Crippen LogP contribution in [0.25, 0.3) is 0 Å². The van der Waals surface area contributed by atoms with Crippen molar-refractivity contribution in [1.82, 2.24) is 0 Å². The third-order valence-electron chi connectivity index (χ3n) is 13.2. The first-order valence-corrected chi connectivity index (χ1v) is 13.3. The van der Waals surface area contributed by atoms with Gasteiger partial charge in [-0.1, -0.05) is 32.9 Å². The summed E-state index contributed by atoms with van der Waals surface area (Å²) in [6, 6.07) is 0. The number of aliphatic hydroxyl groups excluding tert-OH is 1. The molecule has 182 valence electrons. The number of allylic oxidation sites excluding steroid dienone is 1. The Kier molecular flexibility index (Phi) is 3.71. The molecule has 0 unspecified atom stereocenters. The second kappa shape index (κ2) is 5.73. The van der Waals surface area contributed by atoms with Crippen LogP contribution in [0.15, 0.2) is 12.2 Å². The van der Waals surface area contributed by atoms with Crippen LogP contribution in [0.5, 0.6) is 0 Å². The van der Waals surface area contributed by atoms with E-state index < -0.39 is 17.3 Å². The van der Waals surface area contributed by atoms with Gasteiger partial charge in [0.1, 0.15) is 6.10 Å². The molecule has 2 aliphatic heterocycles. The minimum Gasteiger partial charge on any atom is -0.455 e. The fourth-order valence-corrected chi connectivity index (χ4v) is 11.4. The average molecular weight is 457 g/mol. The fraction of sp³-hybridized carbons (Fsp3) is 0.893. The Balaban J connectivity index is 1.39. The molecule has 5 aliphatic carbocycles. The maximum Gasteiger partial charge on any atom is 0.313 e. The normalized spacial score (nSPS) is 65.2. The Morgan fingerprint density at radius 2 is 1.76 bits per heavy atom. The van der Waals surface area contributed by atoms with E-state index in [9.17, 15) is 15.0 Å². The molecular weight excluding hydrogens is 416 g/mol. The van der Waals surface area contributed by atoms with Gasteiger partial charge in [-0.2, -0.15) is 0 Å². The number of carbonyl (C=O) groups excluding carboxylic acids is 1. The second-order valence-electron chi connectivity index (χ2n) is 14.0. The van der Waals surface area contributed by atoms with Gasteiger partial charge in [0.05, 0.1) is 23.2 Å². The molecule has 5 saturated carbocycles. The third kappa shape index (κ3) is 1.99. The summed E-state index contributed by atoms with van der Waals surface area (Å²) in [7, 11) is 0. The topological polar surface area (TPSA) is 79.3 Å². The third-order valence-corrected chi connectivity index (χ3v) is 13.2. The van der Waals surface area contributed by atoms with E-state index >= 15 is 0 Å². The highest BCUT2D eigenvalue weighted by molar-refractivity contribution is 5.82. The Hall–Kier alpha value is -0.910. The van der Waals surface area contributed by atoms with E-state index in [0.717, 1.165) is 51.4 Å². The minimum atomic E-state index is -1.07. The molecule has 0 aromatic heterocycles. The maximum atomic E-state index is 13.6. The van der Waals surface area contributed by atoms with Crippen molar-refractivity contribution in [2.45, 2.75) is 115 Å². The summed E-state index contributed by atoms with van der Waals surface area (Å²) >= 11 is 0. The molecule has 2 heterocycles. The fourth-order valence-electron chi connectivity index (χ4n) is 11.4. The number of rotatable bonds is 0. The van der Waals surface area contributed by atoms with Crippen LogP contribution in [0.3, 0.4) is 0 Å². The summed E-state index contributed by atoms with van der Waals surface area (Å²) in [4.78, 5) is 13.6. The van der Waals surface area contributed by atoms with Crippen molar-refractivity contribution in [3.63, 3.8) is 0 Å². The van der Waals surface area contributed by atoms with Gasteiger partial charge in [0.2, 0.25) is 0 Å². The van der Waals surface area contributed by atoms with Gasteiger partial charge in [-0.3, -0.25) is 4.79 Å². The number of hydrogen-bond donors (Lipinski definition) is 2. The summed E-state index contributed by atoms with van der Waals surface area (Å²) in [5.74, 6) is 0.551. The molecular formula is C28H40O5. The van der Waals surface area contributed by atoms with E-state index in [-0.39, 0.29) is 51.7 Å². The Morgan fingerprint density at radius 1 is 1.00 bits per heavy atom. The van der Waals surface area contributed by atoms with E-state index in [1.165, 1.54) is 5.57 Å². The van der Waals surface area contributed by atoms with Crippen molar-refractivity contribution in [1.29, 1.82) is 0 Å². The first kappa shape index (κ1) is 21.4. The summed E-state index contributed by atoms with van der Waals surface area (Å²) in [6.07, 6.45) is 7.39. The number of aliphatic hydroxyl groups is 2. The number of ether oxygens (including phenoxy) is 2. The molecule has 0 aromatic rings. The van der Waals surface area contributed by atoms with E-state index in [1.54, 1.807) is 0 Å². The van der Waals surface area contributed by atoms with Crippen molar-refractivity contribution in [3.8, 4) is 0 Å². The Bertz CT molecular complexity index is 973. The molecule has 2 N–H and O–H groups in total. The molecule has 33 heavy (non-hydrogen) atoms. The monoisotopic (exact) mass is 456 g/mol. The molecule has 7 rings (SSSR count). The summed E-state index contributed by atoms with van der Waals surface area (Å²) < 4.78 is 13.3. The lowest BCUT2D eigenvalue weighted by Gasteiger charge is -2.71. The van der Waals surface area contributed by atoms with Gasteiger partial charge >= 0.3 is 5.97 Å². The van der Waals surface area contributed by atoms with Gasteiger partial charge in [0, 0.05) is 11.3 Å². The van der Waals surface area contributed by atoms with E-state index in [4.69, 9.17) is 9.47 Å². The lowest BCUT2D eigenvalue weighted by molar-refractivity contribution is -0.280. The predicted molar refractivity (Wildman–Crippen MR) is 122 cm³/mol. The van der Waals surface area contributed by atoms with Gasteiger partial charge in [-0.05, 0) is 87.4 Å². The Labute approximate surface area is 197 Å². The van der Waals surface area contributed by atoms with Crippen LogP contribution >= 0.6 is 0 Å². The second-order valence-corrected chi connectivity index (χ2v) is 14.0. The lowest BCUT2D eigenvalue weighted by Crippen LogP contribution is -2.75. The molecule has 0 amide bonds. The number of fused-ring (bicyclic) bond motifs is 6. The zero-order valence-electron chi connectivity index (χ0n) is 20.7. The molecule has 2 saturated heterocycles. The van der Waals surface area contributed by atoms with Crippen molar-refractivity contribution < 1.29 is 24.5 Å². The van der Waals surface area contributed by atoms with Gasteiger partial charge in [-0.15, -0.1) is 0 Å². The van der Waals surface area contributed by atoms with Crippen LogP contribution in [0, 0.1) is 39.4 Å². The highest BCUT2D eigenvalue weighted by atomic mass is 16.6. The van der Waals surface area contributed by atoms with Gasteiger partial charge in [0.15, 0.2) is 5.60 Å². The average Bonchev–Trinajstić information content (AvgIpc) is 3.49. The molecule has 5 nitrogen and oxygen atoms in total. The highest BCUT2D eigenvalue weighted by Crippen LogP contribution is 2.82. The largest absolute Gasteiger partial charge is 0.455 e. The molecule has 1 spiro atoms. The molecule has 0 aromatic carbocycles. The summed E-state index contributed by atoms with van der Waals surface area (Å²) in [6.45, 7) is 13.4. The van der Waals surface area contributed by atoms with Gasteiger partial charge in [0.25, 0.3) is 0 Å². The van der Waals surface area contributed by atoms with E-state index in [2.05, 4.69) is 27.4 Å². The number of carbonyl (C=O) groups is 1. The van der Waals surface area contributed by atoms with Crippen LogP contribution in [0.2, 0.25) is 0 Å². The van der Waals surface area contributed by atoms with Crippen LogP contribution < -0.4 is 0 Å². The summed E-state index contributed by atoms with van der Waals surface area (Å²) in [5.41, 5.74) is -1.04. The van der Waals surface area contributed by atoms with Crippen molar-refractivity contribution >= 4 is 5.97 Å². The molecule has 7 aliphatic rings. The van der Waals surface area contributed by atoms with Crippen LogP contribution in [-0.4, -0.2) is 45.7 Å². The molecule has 5 heteroatoms. The first-order valence-electron chi connectivity index (χ1n) is 13.3. The van der Waals surface area contributed by atoms with Crippen molar-refractivity contribution in [2.75, 3.05) is 0 Å². The molecule has 2 bridgehead atoms. The minimum absolute atomic E-state index is 0.0312. The zero-order valence-corrected chi connectivity index (χ0v) is 20.7. The van der Waals surface area contributed by atoms with Crippen molar-refractivity contribution in [2.24, 2.45) is 39.4 Å². The number of epoxide rings is 1. The van der Waals surface area contributed by atoms with Gasteiger partial charge in [-0.25, -0.2) is 0 Å². The number of esters is 1. The van der Waals surface area contributed by atoms with Crippen LogP contribution in [0.1, 0.15) is 85.5 Å². The summed E-state index contributed by atoms with van der Waals surface area (Å²) in [5, 5.41) is 22.1. The first-order chi connectivity index (χ1) is 15.4. The van der Waals surface area contributed by atoms with E-state index in [0.29, 0.717) is 12.3 Å². The van der Waals surface area contributed by atoms with Gasteiger partial charge < -0.3 is 19.7 Å². The van der Waals surface area contributed by atoms with E-state index in [1.807, 2.05) is 6.92 Å². The highest BCUT2D eigenvalue weighted by Gasteiger charge is 2.88. The number of hydrogen-bond acceptors (Lipinski definition) is 5. The molecule has 7 fully saturated rings. The van der Waals surface area contributed by atoms with Crippen LogP contribution in [0.4, 0.5) is 0 Å². The predicted octanol–water partition coefficient (Wildman–Crippen LogP) is 4.15. The maximum absolute atomic E-state index is 13.6. The van der Waals surface area contributed by atoms with Crippen LogP contribution in [-0.2, 0) is 14.3 Å². The van der Waals surface area contributed by atoms with Crippen molar-refractivity contribution in [3.05, 3.63) is 12.2 Å². The quantitative estimate of drug-likeness (QED) is 0.325.